The van der Waals surface area contributed by atoms with Gasteiger partial charge in [0.2, 0.25) is 5.91 Å². The molecule has 1 amide bonds. The Labute approximate surface area is 102 Å². The maximum absolute atomic E-state index is 12.2. The number of rotatable bonds is 4. The average molecular weight is 233 g/mol. The molecule has 0 aromatic carbocycles. The normalized spacial score (nSPS) is 16.6. The van der Waals surface area contributed by atoms with E-state index in [0.29, 0.717) is 13.1 Å². The van der Waals surface area contributed by atoms with Gasteiger partial charge in [0.1, 0.15) is 0 Å². The highest BCUT2D eigenvalue weighted by molar-refractivity contribution is 5.85. The molecule has 1 fully saturated rings. The third kappa shape index (κ3) is 2.47. The number of carbonyl (C=O) groups excluding carboxylic acids is 1. The van der Waals surface area contributed by atoms with Gasteiger partial charge in [-0.3, -0.25) is 9.78 Å². The summed E-state index contributed by atoms with van der Waals surface area (Å²) in [6.45, 7) is 2.97. The van der Waals surface area contributed by atoms with Crippen LogP contribution < -0.4 is 5.73 Å². The van der Waals surface area contributed by atoms with E-state index in [0.717, 1.165) is 24.2 Å². The Hall–Kier alpha value is -1.42. The van der Waals surface area contributed by atoms with Gasteiger partial charge >= 0.3 is 0 Å². The molecule has 0 bridgehead atoms. The lowest BCUT2D eigenvalue weighted by molar-refractivity contribution is -0.135. The van der Waals surface area contributed by atoms with Crippen molar-refractivity contribution in [2.24, 2.45) is 11.1 Å². The molecular formula is C13H19N3O. The van der Waals surface area contributed by atoms with Crippen molar-refractivity contribution in [3.8, 4) is 0 Å². The summed E-state index contributed by atoms with van der Waals surface area (Å²) >= 11 is 0. The lowest BCUT2D eigenvalue weighted by atomic mass is 10.1. The molecule has 0 saturated heterocycles. The molecule has 1 aliphatic rings. The Bertz CT molecular complexity index is 426. The molecular weight excluding hydrogens is 214 g/mol. The van der Waals surface area contributed by atoms with Crippen LogP contribution >= 0.6 is 0 Å². The molecule has 1 heterocycles. The van der Waals surface area contributed by atoms with E-state index in [1.807, 2.05) is 32.2 Å². The Morgan fingerprint density at radius 1 is 1.53 bits per heavy atom. The van der Waals surface area contributed by atoms with E-state index in [1.54, 1.807) is 4.90 Å². The van der Waals surface area contributed by atoms with Crippen molar-refractivity contribution in [3.63, 3.8) is 0 Å². The first-order chi connectivity index (χ1) is 8.07. The number of pyridine rings is 1. The molecule has 1 saturated carbocycles. The minimum absolute atomic E-state index is 0.156. The van der Waals surface area contributed by atoms with E-state index < -0.39 is 0 Å². The second-order valence-corrected chi connectivity index (χ2v) is 4.92. The first kappa shape index (κ1) is 12.0. The van der Waals surface area contributed by atoms with Crippen molar-refractivity contribution in [2.75, 3.05) is 13.6 Å². The third-order valence-corrected chi connectivity index (χ3v) is 3.39. The van der Waals surface area contributed by atoms with E-state index in [1.165, 1.54) is 0 Å². The molecule has 1 aromatic rings. The third-order valence-electron chi connectivity index (χ3n) is 3.39. The van der Waals surface area contributed by atoms with Crippen LogP contribution in [0.4, 0.5) is 0 Å². The van der Waals surface area contributed by atoms with Crippen LogP contribution in [0.5, 0.6) is 0 Å². The van der Waals surface area contributed by atoms with E-state index in [4.69, 9.17) is 5.73 Å². The molecule has 0 radical (unpaired) electrons. The van der Waals surface area contributed by atoms with Crippen LogP contribution in [0.15, 0.2) is 18.2 Å². The molecule has 2 N–H and O–H groups in total. The van der Waals surface area contributed by atoms with Gasteiger partial charge in [-0.1, -0.05) is 6.07 Å². The fourth-order valence-electron chi connectivity index (χ4n) is 2.06. The minimum Gasteiger partial charge on any atom is -0.339 e. The first-order valence-corrected chi connectivity index (χ1v) is 5.95. The summed E-state index contributed by atoms with van der Waals surface area (Å²) in [5.41, 5.74) is 7.30. The Morgan fingerprint density at radius 2 is 2.24 bits per heavy atom. The van der Waals surface area contributed by atoms with Crippen molar-refractivity contribution in [1.82, 2.24) is 9.88 Å². The topological polar surface area (TPSA) is 59.2 Å². The Kier molecular flexibility index (Phi) is 3.15. The van der Waals surface area contributed by atoms with Gasteiger partial charge in [0.05, 0.1) is 17.7 Å². The molecule has 0 unspecified atom stereocenters. The van der Waals surface area contributed by atoms with Gasteiger partial charge in [-0.2, -0.15) is 0 Å². The van der Waals surface area contributed by atoms with Crippen LogP contribution in [-0.2, 0) is 11.3 Å². The largest absolute Gasteiger partial charge is 0.339 e. The van der Waals surface area contributed by atoms with Gasteiger partial charge < -0.3 is 10.6 Å². The lowest BCUT2D eigenvalue weighted by Crippen LogP contribution is -2.37. The smallest absolute Gasteiger partial charge is 0.230 e. The van der Waals surface area contributed by atoms with Crippen molar-refractivity contribution in [2.45, 2.75) is 26.3 Å². The van der Waals surface area contributed by atoms with E-state index >= 15 is 0 Å². The van der Waals surface area contributed by atoms with Crippen LogP contribution in [0.3, 0.4) is 0 Å². The first-order valence-electron chi connectivity index (χ1n) is 5.95. The maximum Gasteiger partial charge on any atom is 0.230 e. The van der Waals surface area contributed by atoms with Gasteiger partial charge in [0.25, 0.3) is 0 Å². The van der Waals surface area contributed by atoms with Crippen LogP contribution in [-0.4, -0.2) is 29.4 Å². The van der Waals surface area contributed by atoms with Crippen molar-refractivity contribution in [1.29, 1.82) is 0 Å². The minimum atomic E-state index is -0.265. The second-order valence-electron chi connectivity index (χ2n) is 4.92. The summed E-state index contributed by atoms with van der Waals surface area (Å²) in [7, 11) is 1.82. The molecule has 4 heteroatoms. The second kappa shape index (κ2) is 4.45. The highest BCUT2D eigenvalue weighted by Gasteiger charge is 2.49. The predicted molar refractivity (Wildman–Crippen MR) is 66.2 cm³/mol. The van der Waals surface area contributed by atoms with Gasteiger partial charge in [-0.15, -0.1) is 0 Å². The maximum atomic E-state index is 12.2. The van der Waals surface area contributed by atoms with Crippen molar-refractivity contribution >= 4 is 5.91 Å². The number of amides is 1. The summed E-state index contributed by atoms with van der Waals surface area (Å²) in [6.07, 6.45) is 1.85. The van der Waals surface area contributed by atoms with E-state index in [2.05, 4.69) is 4.98 Å². The monoisotopic (exact) mass is 233 g/mol. The average Bonchev–Trinajstić information content (AvgIpc) is 3.09. The van der Waals surface area contributed by atoms with Gasteiger partial charge in [0.15, 0.2) is 0 Å². The molecule has 92 valence electrons. The Balaban J connectivity index is 2.02. The van der Waals surface area contributed by atoms with E-state index in [9.17, 15) is 4.79 Å². The zero-order valence-electron chi connectivity index (χ0n) is 10.4. The number of nitrogens with zero attached hydrogens (tertiary/aromatic N) is 2. The molecule has 0 atom stereocenters. The summed E-state index contributed by atoms with van der Waals surface area (Å²) < 4.78 is 0. The summed E-state index contributed by atoms with van der Waals surface area (Å²) in [5.74, 6) is 0.156. The molecule has 0 aliphatic heterocycles. The fourth-order valence-corrected chi connectivity index (χ4v) is 2.06. The van der Waals surface area contributed by atoms with Crippen LogP contribution in [0.25, 0.3) is 0 Å². The molecule has 1 aliphatic carbocycles. The van der Waals surface area contributed by atoms with Crippen LogP contribution in [0.2, 0.25) is 0 Å². The summed E-state index contributed by atoms with van der Waals surface area (Å²) in [4.78, 5) is 18.3. The number of hydrogen-bond donors (Lipinski definition) is 1. The van der Waals surface area contributed by atoms with Gasteiger partial charge in [-0.05, 0) is 31.9 Å². The molecule has 17 heavy (non-hydrogen) atoms. The molecule has 1 aromatic heterocycles. The summed E-state index contributed by atoms with van der Waals surface area (Å²) in [5, 5.41) is 0. The van der Waals surface area contributed by atoms with Crippen LogP contribution in [0, 0.1) is 12.3 Å². The number of nitrogens with two attached hydrogens (primary N) is 1. The zero-order chi connectivity index (χ0) is 12.5. The molecule has 2 rings (SSSR count). The molecule has 0 spiro atoms. The summed E-state index contributed by atoms with van der Waals surface area (Å²) in [6, 6.07) is 5.86. The lowest BCUT2D eigenvalue weighted by Gasteiger charge is -2.22. The SMILES string of the molecule is Cc1cccc(CN(C)C(=O)C2(CN)CC2)n1. The fraction of sp³-hybridized carbons (Fsp3) is 0.538. The van der Waals surface area contributed by atoms with Crippen molar-refractivity contribution in [3.05, 3.63) is 29.6 Å². The van der Waals surface area contributed by atoms with Crippen molar-refractivity contribution < 1.29 is 4.79 Å². The molecule has 4 nitrogen and oxygen atoms in total. The van der Waals surface area contributed by atoms with Crippen LogP contribution in [0.1, 0.15) is 24.2 Å². The number of carbonyl (C=O) groups is 1. The number of hydrogen-bond acceptors (Lipinski definition) is 3. The predicted octanol–water partition coefficient (Wildman–Crippen LogP) is 1.09. The Morgan fingerprint density at radius 3 is 2.76 bits per heavy atom. The zero-order valence-corrected chi connectivity index (χ0v) is 10.4. The standard InChI is InChI=1S/C13H19N3O/c1-10-4-3-5-11(15-10)8-16(2)12(17)13(9-14)6-7-13/h3-5H,6-9,14H2,1-2H3. The number of aryl methyl sites for hydroxylation is 1. The van der Waals surface area contributed by atoms with E-state index in [-0.39, 0.29) is 11.3 Å². The van der Waals surface area contributed by atoms with Gasteiger partial charge in [0, 0.05) is 19.3 Å². The number of aromatic nitrogens is 1. The quantitative estimate of drug-likeness (QED) is 0.846. The highest BCUT2D eigenvalue weighted by Crippen LogP contribution is 2.46. The van der Waals surface area contributed by atoms with Gasteiger partial charge in [-0.25, -0.2) is 0 Å². The highest BCUT2D eigenvalue weighted by atomic mass is 16.2.